The van der Waals surface area contributed by atoms with Crippen LogP contribution in [0, 0.1) is 5.92 Å². The van der Waals surface area contributed by atoms with Gasteiger partial charge in [-0.1, -0.05) is 12.1 Å². The average molecular weight is 276 g/mol. The first-order chi connectivity index (χ1) is 9.83. The number of rotatable bonds is 3. The molecule has 0 radical (unpaired) electrons. The summed E-state index contributed by atoms with van der Waals surface area (Å²) in [5.74, 6) is 0.147. The molecule has 20 heavy (non-hydrogen) atoms. The van der Waals surface area contributed by atoms with Crippen molar-refractivity contribution in [1.82, 2.24) is 5.32 Å². The predicted octanol–water partition coefficient (Wildman–Crippen LogP) is 1.67. The molecule has 2 heterocycles. The van der Waals surface area contributed by atoms with E-state index in [1.54, 1.807) is 0 Å². The van der Waals surface area contributed by atoms with Crippen LogP contribution in [0.5, 0.6) is 0 Å². The largest absolute Gasteiger partial charge is 0.346 e. The van der Waals surface area contributed by atoms with E-state index in [1.807, 2.05) is 24.3 Å². The number of piperidine rings is 1. The quantitative estimate of drug-likeness (QED) is 0.881. The summed E-state index contributed by atoms with van der Waals surface area (Å²) in [7, 11) is 0. The SMILES string of the molecule is O=C(Nc1cccc(C2OCCO2)c1)[C@@H]1CCCNC1. The van der Waals surface area contributed by atoms with Crippen LogP contribution < -0.4 is 10.6 Å². The minimum Gasteiger partial charge on any atom is -0.346 e. The van der Waals surface area contributed by atoms with Gasteiger partial charge < -0.3 is 20.1 Å². The molecule has 1 aromatic rings. The second-order valence-corrected chi connectivity index (χ2v) is 5.23. The molecule has 1 amide bonds. The van der Waals surface area contributed by atoms with Crippen LogP contribution in [0.3, 0.4) is 0 Å². The highest BCUT2D eigenvalue weighted by Gasteiger charge is 2.22. The summed E-state index contributed by atoms with van der Waals surface area (Å²) in [4.78, 5) is 12.2. The predicted molar refractivity (Wildman–Crippen MR) is 75.3 cm³/mol. The Kier molecular flexibility index (Phi) is 4.30. The Morgan fingerprint density at radius 1 is 1.30 bits per heavy atom. The van der Waals surface area contributed by atoms with Crippen LogP contribution in [-0.4, -0.2) is 32.2 Å². The van der Waals surface area contributed by atoms with Crippen LogP contribution >= 0.6 is 0 Å². The molecule has 1 atom stereocenters. The number of carbonyl (C=O) groups is 1. The molecule has 0 bridgehead atoms. The van der Waals surface area contributed by atoms with Crippen molar-refractivity contribution < 1.29 is 14.3 Å². The lowest BCUT2D eigenvalue weighted by Crippen LogP contribution is -2.37. The molecule has 2 aliphatic heterocycles. The lowest BCUT2D eigenvalue weighted by atomic mass is 9.99. The number of carbonyl (C=O) groups excluding carboxylic acids is 1. The summed E-state index contributed by atoms with van der Waals surface area (Å²) >= 11 is 0. The molecule has 2 aliphatic rings. The number of anilines is 1. The van der Waals surface area contributed by atoms with Gasteiger partial charge in [0.25, 0.3) is 0 Å². The van der Waals surface area contributed by atoms with Gasteiger partial charge in [0.1, 0.15) is 0 Å². The molecule has 5 nitrogen and oxygen atoms in total. The summed E-state index contributed by atoms with van der Waals surface area (Å²) in [6.07, 6.45) is 1.71. The Morgan fingerprint density at radius 3 is 2.90 bits per heavy atom. The van der Waals surface area contributed by atoms with Gasteiger partial charge in [0.05, 0.1) is 19.1 Å². The highest BCUT2D eigenvalue weighted by molar-refractivity contribution is 5.92. The van der Waals surface area contributed by atoms with E-state index in [4.69, 9.17) is 9.47 Å². The molecule has 0 spiro atoms. The second-order valence-electron chi connectivity index (χ2n) is 5.23. The van der Waals surface area contributed by atoms with Gasteiger partial charge in [0, 0.05) is 17.8 Å². The van der Waals surface area contributed by atoms with E-state index in [2.05, 4.69) is 10.6 Å². The molecule has 0 aromatic heterocycles. The fourth-order valence-corrected chi connectivity index (χ4v) is 2.63. The minimum atomic E-state index is -0.303. The van der Waals surface area contributed by atoms with E-state index in [0.29, 0.717) is 13.2 Å². The molecule has 2 fully saturated rings. The molecular formula is C15H20N2O3. The molecule has 0 aliphatic carbocycles. The Morgan fingerprint density at radius 2 is 2.15 bits per heavy atom. The summed E-state index contributed by atoms with van der Waals surface area (Å²) < 4.78 is 10.9. The smallest absolute Gasteiger partial charge is 0.228 e. The third-order valence-electron chi connectivity index (χ3n) is 3.72. The van der Waals surface area contributed by atoms with Crippen LogP contribution in [0.15, 0.2) is 24.3 Å². The molecule has 0 unspecified atom stereocenters. The zero-order chi connectivity index (χ0) is 13.8. The minimum absolute atomic E-state index is 0.0615. The fourth-order valence-electron chi connectivity index (χ4n) is 2.63. The van der Waals surface area contributed by atoms with Crippen molar-refractivity contribution in [2.75, 3.05) is 31.6 Å². The molecule has 1 aromatic carbocycles. The van der Waals surface area contributed by atoms with E-state index in [1.165, 1.54) is 0 Å². The Labute approximate surface area is 118 Å². The van der Waals surface area contributed by atoms with Crippen LogP contribution in [0.2, 0.25) is 0 Å². The van der Waals surface area contributed by atoms with E-state index in [9.17, 15) is 4.79 Å². The monoisotopic (exact) mass is 276 g/mol. The van der Waals surface area contributed by atoms with E-state index < -0.39 is 0 Å². The lowest BCUT2D eigenvalue weighted by molar-refractivity contribution is -0.120. The van der Waals surface area contributed by atoms with E-state index in [0.717, 1.165) is 37.2 Å². The molecule has 2 N–H and O–H groups in total. The van der Waals surface area contributed by atoms with Gasteiger partial charge >= 0.3 is 0 Å². The topological polar surface area (TPSA) is 59.6 Å². The average Bonchev–Trinajstić information content (AvgIpc) is 3.03. The molecular weight excluding hydrogens is 256 g/mol. The zero-order valence-electron chi connectivity index (χ0n) is 11.4. The molecule has 108 valence electrons. The van der Waals surface area contributed by atoms with Crippen molar-refractivity contribution in [3.05, 3.63) is 29.8 Å². The Balaban J connectivity index is 1.64. The van der Waals surface area contributed by atoms with Crippen LogP contribution in [0.1, 0.15) is 24.7 Å². The van der Waals surface area contributed by atoms with Crippen molar-refractivity contribution in [1.29, 1.82) is 0 Å². The first kappa shape index (κ1) is 13.5. The van der Waals surface area contributed by atoms with E-state index in [-0.39, 0.29) is 18.1 Å². The summed E-state index contributed by atoms with van der Waals surface area (Å²) in [6.45, 7) is 3.01. The summed E-state index contributed by atoms with van der Waals surface area (Å²) in [5, 5.41) is 6.24. The number of benzene rings is 1. The lowest BCUT2D eigenvalue weighted by Gasteiger charge is -2.22. The van der Waals surface area contributed by atoms with Crippen LogP contribution in [0.4, 0.5) is 5.69 Å². The highest BCUT2D eigenvalue weighted by Crippen LogP contribution is 2.25. The number of ether oxygens (including phenoxy) is 2. The van der Waals surface area contributed by atoms with Crippen LogP contribution in [-0.2, 0) is 14.3 Å². The maximum absolute atomic E-state index is 12.2. The first-order valence-electron chi connectivity index (χ1n) is 7.18. The maximum atomic E-state index is 12.2. The van der Waals surface area contributed by atoms with Gasteiger partial charge in [-0.2, -0.15) is 0 Å². The molecule has 5 heteroatoms. The van der Waals surface area contributed by atoms with Gasteiger partial charge in [0.2, 0.25) is 5.91 Å². The highest BCUT2D eigenvalue weighted by atomic mass is 16.7. The van der Waals surface area contributed by atoms with Gasteiger partial charge in [0.15, 0.2) is 6.29 Å². The molecule has 0 saturated carbocycles. The van der Waals surface area contributed by atoms with Crippen molar-refractivity contribution >= 4 is 11.6 Å². The molecule has 3 rings (SSSR count). The molecule has 2 saturated heterocycles. The van der Waals surface area contributed by atoms with Crippen molar-refractivity contribution in [2.24, 2.45) is 5.92 Å². The fraction of sp³-hybridized carbons (Fsp3) is 0.533. The number of amides is 1. The third-order valence-corrected chi connectivity index (χ3v) is 3.72. The van der Waals surface area contributed by atoms with Crippen molar-refractivity contribution in [2.45, 2.75) is 19.1 Å². The van der Waals surface area contributed by atoms with Gasteiger partial charge in [-0.15, -0.1) is 0 Å². The van der Waals surface area contributed by atoms with Crippen molar-refractivity contribution in [3.8, 4) is 0 Å². The number of hydrogen-bond acceptors (Lipinski definition) is 4. The Hall–Kier alpha value is -1.43. The van der Waals surface area contributed by atoms with Gasteiger partial charge in [-0.25, -0.2) is 0 Å². The summed E-state index contributed by atoms with van der Waals surface area (Å²) in [5.41, 5.74) is 1.75. The number of nitrogens with one attached hydrogen (secondary N) is 2. The third kappa shape index (κ3) is 3.17. The zero-order valence-corrected chi connectivity index (χ0v) is 11.4. The maximum Gasteiger partial charge on any atom is 0.228 e. The summed E-state index contributed by atoms with van der Waals surface area (Å²) in [6, 6.07) is 7.68. The normalized spacial score (nSPS) is 23.7. The second kappa shape index (κ2) is 6.35. The van der Waals surface area contributed by atoms with Gasteiger partial charge in [-0.3, -0.25) is 4.79 Å². The first-order valence-corrected chi connectivity index (χ1v) is 7.18. The standard InChI is InChI=1S/C15H20N2O3/c18-14(12-4-2-6-16-10-12)17-13-5-1-3-11(9-13)15-19-7-8-20-15/h1,3,5,9,12,15-16H,2,4,6-8,10H2,(H,17,18)/t12-/m1/s1. The van der Waals surface area contributed by atoms with E-state index >= 15 is 0 Å². The van der Waals surface area contributed by atoms with Gasteiger partial charge in [-0.05, 0) is 31.5 Å². The Bertz CT molecular complexity index is 466. The van der Waals surface area contributed by atoms with Crippen molar-refractivity contribution in [3.63, 3.8) is 0 Å². The van der Waals surface area contributed by atoms with Crippen LogP contribution in [0.25, 0.3) is 0 Å². The number of hydrogen-bond donors (Lipinski definition) is 2.